The highest BCUT2D eigenvalue weighted by molar-refractivity contribution is 5.97. The molecular formula is C15H19N3O4. The highest BCUT2D eigenvalue weighted by atomic mass is 16.3. The van der Waals surface area contributed by atoms with Crippen LogP contribution in [0.3, 0.4) is 0 Å². The second kappa shape index (κ2) is 8.67. The van der Waals surface area contributed by atoms with Gasteiger partial charge in [-0.1, -0.05) is 6.07 Å². The molecule has 0 heterocycles. The van der Waals surface area contributed by atoms with Crippen molar-refractivity contribution < 1.29 is 20.1 Å². The number of amides is 1. The lowest BCUT2D eigenvalue weighted by molar-refractivity contribution is -0.127. The Kier molecular flexibility index (Phi) is 6.89. The maximum absolute atomic E-state index is 12.1. The lowest BCUT2D eigenvalue weighted by Crippen LogP contribution is -2.36. The largest absolute Gasteiger partial charge is 0.506 e. The minimum absolute atomic E-state index is 0.00541. The van der Waals surface area contributed by atoms with Crippen molar-refractivity contribution >= 4 is 11.6 Å². The predicted octanol–water partition coefficient (Wildman–Crippen LogP) is 0.333. The van der Waals surface area contributed by atoms with Gasteiger partial charge in [0.1, 0.15) is 17.4 Å². The summed E-state index contributed by atoms with van der Waals surface area (Å²) in [5, 5.41) is 39.3. The van der Waals surface area contributed by atoms with E-state index in [2.05, 4.69) is 5.32 Å². The fourth-order valence-corrected chi connectivity index (χ4v) is 1.78. The molecule has 0 fully saturated rings. The molecule has 1 aromatic carbocycles. The molecule has 0 aliphatic carbocycles. The molecule has 0 saturated heterocycles. The van der Waals surface area contributed by atoms with Crippen LogP contribution in [-0.4, -0.2) is 52.4 Å². The number of hydrogen-bond acceptors (Lipinski definition) is 6. The second-order valence-electron chi connectivity index (χ2n) is 4.57. The standard InChI is InChI=1S/C15H19N3O4/c1-11-2-3-14(21)13(8-11)17-10-12(9-16)15(22)18(4-6-19)5-7-20/h2-3,8,10,17,19-21H,4-7H2,1H3/b12-10-. The van der Waals surface area contributed by atoms with E-state index in [9.17, 15) is 9.90 Å². The molecule has 0 aliphatic rings. The Balaban J connectivity index is 2.92. The highest BCUT2D eigenvalue weighted by Gasteiger charge is 2.17. The van der Waals surface area contributed by atoms with E-state index in [1.807, 2.05) is 6.92 Å². The SMILES string of the molecule is Cc1ccc(O)c(N/C=C(/C#N)C(=O)N(CCO)CCO)c1. The smallest absolute Gasteiger partial charge is 0.266 e. The van der Waals surface area contributed by atoms with Crippen LogP contribution < -0.4 is 5.32 Å². The molecule has 118 valence electrons. The molecular weight excluding hydrogens is 286 g/mol. The van der Waals surface area contributed by atoms with Crippen LogP contribution >= 0.6 is 0 Å². The zero-order chi connectivity index (χ0) is 16.5. The van der Waals surface area contributed by atoms with Gasteiger partial charge in [0.05, 0.1) is 18.9 Å². The van der Waals surface area contributed by atoms with Crippen LogP contribution in [0.5, 0.6) is 5.75 Å². The topological polar surface area (TPSA) is 117 Å². The van der Waals surface area contributed by atoms with Crippen molar-refractivity contribution in [2.45, 2.75) is 6.92 Å². The van der Waals surface area contributed by atoms with E-state index in [4.69, 9.17) is 15.5 Å². The molecule has 0 bridgehead atoms. The molecule has 0 spiro atoms. The van der Waals surface area contributed by atoms with Gasteiger partial charge in [0, 0.05) is 19.3 Å². The number of rotatable bonds is 7. The maximum atomic E-state index is 12.1. The molecule has 0 radical (unpaired) electrons. The van der Waals surface area contributed by atoms with Crippen LogP contribution in [-0.2, 0) is 4.79 Å². The number of aryl methyl sites for hydroxylation is 1. The van der Waals surface area contributed by atoms with Gasteiger partial charge in [-0.05, 0) is 24.6 Å². The number of phenolic OH excluding ortho intramolecular Hbond substituents is 1. The van der Waals surface area contributed by atoms with Crippen LogP contribution in [0.2, 0.25) is 0 Å². The van der Waals surface area contributed by atoms with Gasteiger partial charge < -0.3 is 25.5 Å². The highest BCUT2D eigenvalue weighted by Crippen LogP contribution is 2.24. The van der Waals surface area contributed by atoms with E-state index in [1.54, 1.807) is 18.2 Å². The van der Waals surface area contributed by atoms with Crippen molar-refractivity contribution in [3.8, 4) is 11.8 Å². The molecule has 1 aromatic rings. The van der Waals surface area contributed by atoms with E-state index in [1.165, 1.54) is 17.2 Å². The van der Waals surface area contributed by atoms with Gasteiger partial charge in [0.2, 0.25) is 0 Å². The van der Waals surface area contributed by atoms with Crippen LogP contribution in [0.4, 0.5) is 5.69 Å². The number of aromatic hydroxyl groups is 1. The zero-order valence-corrected chi connectivity index (χ0v) is 12.3. The third-order valence-electron chi connectivity index (χ3n) is 2.90. The Morgan fingerprint density at radius 3 is 2.55 bits per heavy atom. The number of carbonyl (C=O) groups excluding carboxylic acids is 1. The third-order valence-corrected chi connectivity index (χ3v) is 2.90. The fraction of sp³-hybridized carbons (Fsp3) is 0.333. The molecule has 0 saturated carbocycles. The Morgan fingerprint density at radius 1 is 1.36 bits per heavy atom. The van der Waals surface area contributed by atoms with Crippen molar-refractivity contribution in [2.24, 2.45) is 0 Å². The van der Waals surface area contributed by atoms with Gasteiger partial charge in [0.15, 0.2) is 0 Å². The number of hydrogen-bond donors (Lipinski definition) is 4. The van der Waals surface area contributed by atoms with Gasteiger partial charge in [-0.3, -0.25) is 4.79 Å². The van der Waals surface area contributed by atoms with E-state index >= 15 is 0 Å². The number of carbonyl (C=O) groups is 1. The summed E-state index contributed by atoms with van der Waals surface area (Å²) < 4.78 is 0. The fourth-order valence-electron chi connectivity index (χ4n) is 1.78. The Bertz CT molecular complexity index is 587. The summed E-state index contributed by atoms with van der Waals surface area (Å²) >= 11 is 0. The normalized spacial score (nSPS) is 10.9. The summed E-state index contributed by atoms with van der Waals surface area (Å²) in [5.41, 5.74) is 1.08. The molecule has 0 aliphatic heterocycles. The van der Waals surface area contributed by atoms with Crippen LogP contribution in [0.25, 0.3) is 0 Å². The van der Waals surface area contributed by atoms with Gasteiger partial charge >= 0.3 is 0 Å². The first kappa shape index (κ1) is 17.5. The third kappa shape index (κ3) is 4.77. The number of aliphatic hydroxyl groups is 2. The lowest BCUT2D eigenvalue weighted by atomic mass is 10.2. The first-order chi connectivity index (χ1) is 10.5. The quantitative estimate of drug-likeness (QED) is 0.328. The minimum atomic E-state index is -0.606. The predicted molar refractivity (Wildman–Crippen MR) is 80.9 cm³/mol. The van der Waals surface area contributed by atoms with Gasteiger partial charge in [-0.2, -0.15) is 5.26 Å². The molecule has 7 nitrogen and oxygen atoms in total. The Labute approximate surface area is 128 Å². The van der Waals surface area contributed by atoms with E-state index in [-0.39, 0.29) is 37.6 Å². The van der Waals surface area contributed by atoms with E-state index in [0.717, 1.165) is 5.56 Å². The summed E-state index contributed by atoms with van der Waals surface area (Å²) in [7, 11) is 0. The Hall–Kier alpha value is -2.56. The molecule has 1 rings (SSSR count). The summed E-state index contributed by atoms with van der Waals surface area (Å²) in [6, 6.07) is 6.67. The summed E-state index contributed by atoms with van der Waals surface area (Å²) in [4.78, 5) is 13.3. The number of nitrogens with one attached hydrogen (secondary N) is 1. The lowest BCUT2D eigenvalue weighted by Gasteiger charge is -2.20. The number of nitrogens with zero attached hydrogens (tertiary/aromatic N) is 2. The molecule has 0 atom stereocenters. The van der Waals surface area contributed by atoms with Gasteiger partial charge in [0.25, 0.3) is 5.91 Å². The maximum Gasteiger partial charge on any atom is 0.266 e. The number of phenols is 1. The van der Waals surface area contributed by atoms with Crippen LogP contribution in [0.15, 0.2) is 30.0 Å². The van der Waals surface area contributed by atoms with Crippen LogP contribution in [0.1, 0.15) is 5.56 Å². The number of benzene rings is 1. The van der Waals surface area contributed by atoms with Crippen molar-refractivity contribution in [3.05, 3.63) is 35.5 Å². The van der Waals surface area contributed by atoms with E-state index < -0.39 is 5.91 Å². The van der Waals surface area contributed by atoms with Crippen molar-refractivity contribution in [1.82, 2.24) is 4.90 Å². The van der Waals surface area contributed by atoms with Crippen LogP contribution in [0, 0.1) is 18.3 Å². The number of aliphatic hydroxyl groups excluding tert-OH is 2. The van der Waals surface area contributed by atoms with Gasteiger partial charge in [-0.25, -0.2) is 0 Å². The molecule has 22 heavy (non-hydrogen) atoms. The zero-order valence-electron chi connectivity index (χ0n) is 12.3. The minimum Gasteiger partial charge on any atom is -0.506 e. The van der Waals surface area contributed by atoms with Crippen molar-refractivity contribution in [2.75, 3.05) is 31.6 Å². The number of anilines is 1. The molecule has 1 amide bonds. The average molecular weight is 305 g/mol. The first-order valence-corrected chi connectivity index (χ1v) is 6.71. The Morgan fingerprint density at radius 2 is 2.00 bits per heavy atom. The first-order valence-electron chi connectivity index (χ1n) is 6.71. The van der Waals surface area contributed by atoms with Crippen molar-refractivity contribution in [3.63, 3.8) is 0 Å². The summed E-state index contributed by atoms with van der Waals surface area (Å²) in [6.07, 6.45) is 1.19. The molecule has 7 heteroatoms. The molecule has 0 aromatic heterocycles. The second-order valence-corrected chi connectivity index (χ2v) is 4.57. The molecule has 0 unspecified atom stereocenters. The molecule has 4 N–H and O–H groups in total. The number of nitriles is 1. The summed E-state index contributed by atoms with van der Waals surface area (Å²) in [6.45, 7) is 1.35. The van der Waals surface area contributed by atoms with E-state index in [0.29, 0.717) is 5.69 Å². The van der Waals surface area contributed by atoms with Crippen molar-refractivity contribution in [1.29, 1.82) is 5.26 Å². The monoisotopic (exact) mass is 305 g/mol. The van der Waals surface area contributed by atoms with Gasteiger partial charge in [-0.15, -0.1) is 0 Å². The summed E-state index contributed by atoms with van der Waals surface area (Å²) in [5.74, 6) is -0.612. The average Bonchev–Trinajstić information content (AvgIpc) is 2.50.